The molecule has 3 unspecified atom stereocenters. The van der Waals surface area contributed by atoms with Gasteiger partial charge >= 0.3 is 12.4 Å². The van der Waals surface area contributed by atoms with E-state index in [1.807, 2.05) is 11.8 Å². The highest BCUT2D eigenvalue weighted by Gasteiger charge is 2.61. The van der Waals surface area contributed by atoms with Gasteiger partial charge < -0.3 is 21.3 Å². The third-order valence-corrected chi connectivity index (χ3v) is 7.67. The van der Waals surface area contributed by atoms with Crippen molar-refractivity contribution in [3.63, 3.8) is 0 Å². The van der Waals surface area contributed by atoms with Crippen molar-refractivity contribution in [3.05, 3.63) is 53.0 Å². The smallest absolute Gasteiger partial charge is 0.384 e. The first kappa shape index (κ1) is 27.2. The number of hydrogen-bond acceptors (Lipinski definition) is 8. The van der Waals surface area contributed by atoms with Gasteiger partial charge in [0.25, 0.3) is 0 Å². The van der Waals surface area contributed by atoms with Gasteiger partial charge in [-0.15, -0.1) is 0 Å². The number of nitrogens with two attached hydrogens (primary N) is 2. The molecule has 1 saturated heterocycles. The number of anilines is 2. The maximum atomic E-state index is 15.0. The van der Waals surface area contributed by atoms with Crippen LogP contribution in [-0.4, -0.2) is 58.8 Å². The first-order chi connectivity index (χ1) is 18.3. The lowest BCUT2D eigenvalue weighted by Gasteiger charge is -2.39. The zero-order chi connectivity index (χ0) is 28.2. The number of pyridine rings is 1. The third-order valence-electron chi connectivity index (χ3n) is 7.67. The maximum Gasteiger partial charge on any atom is 0.419 e. The van der Waals surface area contributed by atoms with Crippen LogP contribution in [0.1, 0.15) is 42.3 Å². The van der Waals surface area contributed by atoms with Gasteiger partial charge in [-0.1, -0.05) is 6.08 Å². The Morgan fingerprint density at radius 3 is 2.44 bits per heavy atom. The quantitative estimate of drug-likeness (QED) is 0.559. The second-order valence-corrected chi connectivity index (χ2v) is 10.0. The lowest BCUT2D eigenvalue weighted by Crippen LogP contribution is -2.56. The summed E-state index contributed by atoms with van der Waals surface area (Å²) in [6.07, 6.45) is -6.45. The minimum absolute atomic E-state index is 0.00659. The molecule has 8 nitrogen and oxygen atoms in total. The second kappa shape index (κ2) is 9.65. The molecule has 0 amide bonds. The van der Waals surface area contributed by atoms with E-state index in [0.29, 0.717) is 12.2 Å². The molecule has 0 radical (unpaired) electrons. The van der Waals surface area contributed by atoms with E-state index in [2.05, 4.69) is 19.9 Å². The van der Waals surface area contributed by atoms with Crippen molar-refractivity contribution in [1.82, 2.24) is 15.0 Å². The molecule has 3 atom stereocenters. The monoisotopic (exact) mass is 554 g/mol. The number of aromatic nitrogens is 3. The van der Waals surface area contributed by atoms with Gasteiger partial charge in [-0.05, 0) is 50.0 Å². The summed E-state index contributed by atoms with van der Waals surface area (Å²) in [5.74, 6) is -0.280. The zero-order valence-electron chi connectivity index (χ0n) is 21.1. The summed E-state index contributed by atoms with van der Waals surface area (Å²) >= 11 is 0. The molecule has 0 spiro atoms. The summed E-state index contributed by atoms with van der Waals surface area (Å²) in [5.41, 5.74) is 8.23. The van der Waals surface area contributed by atoms with Gasteiger partial charge in [0, 0.05) is 38.3 Å². The summed E-state index contributed by atoms with van der Waals surface area (Å²) in [4.78, 5) is 20.3. The number of alkyl halides is 6. The summed E-state index contributed by atoms with van der Waals surface area (Å²) < 4.78 is 86.1. The molecule has 3 aliphatic rings. The van der Waals surface area contributed by atoms with E-state index in [1.165, 1.54) is 17.2 Å². The topological polar surface area (TPSA) is 110 Å². The Bertz CT molecular complexity index is 1310. The van der Waals surface area contributed by atoms with Crippen molar-refractivity contribution in [2.75, 3.05) is 29.4 Å². The average Bonchev–Trinajstić information content (AvgIpc) is 3.17. The standard InChI is InChI=1S/C25H28F6N8/c1-14-4-3-11-39(14)22-35-17-8-13-38(20-16(24(26,27)28)5-2-10-34-20)12-7-15(17)19(37-22)23(25(29,30)31)9-6-18(32)36-21(23)33/h2,5-6,9-10,14,21H,3-4,7-8,11-13,33H2,1H3,(H2,32,36). The molecule has 0 bridgehead atoms. The number of fused-ring (bicyclic) bond motifs is 1. The van der Waals surface area contributed by atoms with Crippen LogP contribution in [0.2, 0.25) is 0 Å². The van der Waals surface area contributed by atoms with Gasteiger partial charge in [0.15, 0.2) is 5.41 Å². The SMILES string of the molecule is CC1CCCN1c1nc2c(c(C3(C(F)(F)F)C=CC(N)=NC3N)n1)CCN(c1ncccc1C(F)(F)F)CC2. The number of dihydropyridines is 1. The van der Waals surface area contributed by atoms with Gasteiger partial charge in [-0.3, -0.25) is 0 Å². The summed E-state index contributed by atoms with van der Waals surface area (Å²) in [6.45, 7) is 2.56. The zero-order valence-corrected chi connectivity index (χ0v) is 21.1. The number of rotatable bonds is 3. The van der Waals surface area contributed by atoms with Crippen molar-refractivity contribution in [2.45, 2.75) is 62.6 Å². The van der Waals surface area contributed by atoms with Gasteiger partial charge in [0.1, 0.15) is 17.8 Å². The number of nitrogens with zero attached hydrogens (tertiary/aromatic N) is 6. The molecule has 5 rings (SSSR count). The Labute approximate surface area is 220 Å². The van der Waals surface area contributed by atoms with Crippen LogP contribution in [0.3, 0.4) is 0 Å². The predicted molar refractivity (Wildman–Crippen MR) is 133 cm³/mol. The summed E-state index contributed by atoms with van der Waals surface area (Å²) in [5, 5.41) is 0. The minimum atomic E-state index is -4.90. The molecule has 39 heavy (non-hydrogen) atoms. The van der Waals surface area contributed by atoms with E-state index in [4.69, 9.17) is 11.5 Å². The fourth-order valence-electron chi connectivity index (χ4n) is 5.61. The molecule has 2 aromatic rings. The lowest BCUT2D eigenvalue weighted by molar-refractivity contribution is -0.182. The van der Waals surface area contributed by atoms with Crippen LogP contribution < -0.4 is 21.3 Å². The molecule has 210 valence electrons. The van der Waals surface area contributed by atoms with Gasteiger partial charge in [0.2, 0.25) is 5.95 Å². The molecule has 0 aliphatic carbocycles. The Morgan fingerprint density at radius 2 is 1.79 bits per heavy atom. The molecule has 14 heteroatoms. The van der Waals surface area contributed by atoms with Crippen LogP contribution in [0.4, 0.5) is 38.1 Å². The molecular weight excluding hydrogens is 526 g/mol. The van der Waals surface area contributed by atoms with Crippen LogP contribution in [0, 0.1) is 0 Å². The first-order valence-electron chi connectivity index (χ1n) is 12.6. The highest BCUT2D eigenvalue weighted by Crippen LogP contribution is 2.48. The Morgan fingerprint density at radius 1 is 1.05 bits per heavy atom. The number of halogens is 6. The molecule has 0 saturated carbocycles. The fourth-order valence-corrected chi connectivity index (χ4v) is 5.61. The van der Waals surface area contributed by atoms with Crippen LogP contribution in [0.5, 0.6) is 0 Å². The van der Waals surface area contributed by atoms with Crippen molar-refractivity contribution < 1.29 is 26.3 Å². The first-order valence-corrected chi connectivity index (χ1v) is 12.6. The van der Waals surface area contributed by atoms with Crippen LogP contribution in [-0.2, 0) is 24.4 Å². The van der Waals surface area contributed by atoms with Crippen molar-refractivity contribution in [3.8, 4) is 0 Å². The van der Waals surface area contributed by atoms with E-state index in [0.717, 1.165) is 31.1 Å². The normalized spacial score (nSPS) is 25.9. The Balaban J connectivity index is 1.65. The molecule has 4 N–H and O–H groups in total. The van der Waals surface area contributed by atoms with E-state index in [-0.39, 0.29) is 60.8 Å². The molecule has 3 aliphatic heterocycles. The van der Waals surface area contributed by atoms with Crippen molar-refractivity contribution in [1.29, 1.82) is 0 Å². The van der Waals surface area contributed by atoms with Crippen LogP contribution in [0.15, 0.2) is 35.5 Å². The van der Waals surface area contributed by atoms with E-state index < -0.39 is 29.5 Å². The maximum absolute atomic E-state index is 15.0. The number of amidine groups is 1. The Hall–Kier alpha value is -3.42. The Kier molecular flexibility index (Phi) is 6.72. The highest BCUT2D eigenvalue weighted by molar-refractivity contribution is 5.92. The molecule has 2 aromatic heterocycles. The average molecular weight is 555 g/mol. The minimum Gasteiger partial charge on any atom is -0.384 e. The van der Waals surface area contributed by atoms with Crippen LogP contribution in [0.25, 0.3) is 0 Å². The fraction of sp³-hybridized carbons (Fsp3) is 0.520. The van der Waals surface area contributed by atoms with E-state index in [9.17, 15) is 26.3 Å². The third kappa shape index (κ3) is 4.68. The highest BCUT2D eigenvalue weighted by atomic mass is 19.4. The van der Waals surface area contributed by atoms with Gasteiger partial charge in [0.05, 0.1) is 17.0 Å². The number of hydrogen-bond donors (Lipinski definition) is 2. The molecule has 5 heterocycles. The van der Waals surface area contributed by atoms with Crippen molar-refractivity contribution >= 4 is 17.6 Å². The summed E-state index contributed by atoms with van der Waals surface area (Å²) in [7, 11) is 0. The van der Waals surface area contributed by atoms with E-state index >= 15 is 0 Å². The van der Waals surface area contributed by atoms with Gasteiger partial charge in [-0.25, -0.2) is 19.9 Å². The second-order valence-electron chi connectivity index (χ2n) is 10.0. The van der Waals surface area contributed by atoms with E-state index in [1.54, 1.807) is 0 Å². The molecular formula is C25H28F6N8. The lowest BCUT2D eigenvalue weighted by atomic mass is 9.76. The predicted octanol–water partition coefficient (Wildman–Crippen LogP) is 3.50. The largest absolute Gasteiger partial charge is 0.419 e. The van der Waals surface area contributed by atoms with Crippen LogP contribution >= 0.6 is 0 Å². The number of aliphatic imine (C=N–C) groups is 1. The molecule has 0 aromatic carbocycles. The van der Waals surface area contributed by atoms with Crippen molar-refractivity contribution in [2.24, 2.45) is 16.5 Å². The summed E-state index contributed by atoms with van der Waals surface area (Å²) in [6, 6.07) is 2.14. The molecule has 1 fully saturated rings. The van der Waals surface area contributed by atoms with Gasteiger partial charge in [-0.2, -0.15) is 26.3 Å².